The third-order valence-electron chi connectivity index (χ3n) is 14.2. The van der Waals surface area contributed by atoms with Gasteiger partial charge < -0.3 is 84.4 Å². The average molecular weight is 798 g/mol. The smallest absolute Gasteiger partial charge is 0.331 e. The molecule has 4 saturated carbocycles. The van der Waals surface area contributed by atoms with Gasteiger partial charge in [-0.05, 0) is 56.4 Å². The summed E-state index contributed by atoms with van der Waals surface area (Å²) in [4.78, 5) is 61.2. The number of carboxylic acids is 3. The van der Waals surface area contributed by atoms with E-state index in [0.717, 1.165) is 6.92 Å². The van der Waals surface area contributed by atoms with E-state index in [1.165, 1.54) is 13.0 Å². The van der Waals surface area contributed by atoms with Crippen molar-refractivity contribution in [3.8, 4) is 0 Å². The predicted molar refractivity (Wildman–Crippen MR) is 174 cm³/mol. The largest absolute Gasteiger partial charge is 0.550 e. The summed E-state index contributed by atoms with van der Waals surface area (Å²) in [5, 5.41) is 123. The zero-order chi connectivity index (χ0) is 41.6. The van der Waals surface area contributed by atoms with Crippen LogP contribution in [0.5, 0.6) is 0 Å². The van der Waals surface area contributed by atoms with Crippen LogP contribution in [0.2, 0.25) is 0 Å². The Kier molecular flexibility index (Phi) is 10.8. The Morgan fingerprint density at radius 2 is 1.62 bits per heavy atom. The van der Waals surface area contributed by atoms with Crippen molar-refractivity contribution in [2.75, 3.05) is 6.61 Å². The average Bonchev–Trinajstić information content (AvgIpc) is 3.59. The summed E-state index contributed by atoms with van der Waals surface area (Å²) in [5.41, 5.74) is -14.1. The van der Waals surface area contributed by atoms with E-state index >= 15 is 0 Å². The molecule has 19 nitrogen and oxygen atoms in total. The quantitative estimate of drug-likeness (QED) is 0.0758. The van der Waals surface area contributed by atoms with E-state index in [0.29, 0.717) is 5.57 Å². The van der Waals surface area contributed by atoms with Crippen LogP contribution in [0.1, 0.15) is 85.0 Å². The van der Waals surface area contributed by atoms with E-state index in [2.05, 4.69) is 0 Å². The second-order valence-corrected chi connectivity index (χ2v) is 17.2. The number of carbonyl (C=O) groups excluding carboxylic acids is 5. The minimum Gasteiger partial charge on any atom is -0.550 e. The van der Waals surface area contributed by atoms with Gasteiger partial charge in [0, 0.05) is 74.3 Å². The highest BCUT2D eigenvalue weighted by atomic mass is 16.7. The fraction of sp³-hybridized carbons (Fsp3) is 0.811. The monoisotopic (exact) mass is 797 g/mol. The van der Waals surface area contributed by atoms with Crippen LogP contribution >= 0.6 is 0 Å². The lowest BCUT2D eigenvalue weighted by Crippen LogP contribution is -2.83. The molecule has 16 atom stereocenters. The fourth-order valence-electron chi connectivity index (χ4n) is 12.5. The van der Waals surface area contributed by atoms with Gasteiger partial charge in [-0.2, -0.15) is 0 Å². The molecule has 0 aromatic rings. The van der Waals surface area contributed by atoms with Gasteiger partial charge in [0.1, 0.15) is 18.8 Å². The molecule has 4 aliphatic carbocycles. The van der Waals surface area contributed by atoms with Crippen LogP contribution in [-0.2, 0) is 42.9 Å². The SMILES string of the molecule is CC(=O)O[C@@H]1[C@@H](O)[C@@H](O)[C@H](O[C@H]2C[C@](O)(CC(=O)[O-])[C@]3(C(O)CC(=O)[O-])[C@@H]4[C@@H](CC[C@]3(O)C2)[C@@]2(O)CC[C@H](C3=CC(=O)OC3)[C@@]2(C)C[C@]4(O)CC(=O)[O-])O[C@H]1C. The number of carboxylic acid groups (broad SMARTS) is 3. The van der Waals surface area contributed by atoms with Crippen LogP contribution in [-0.4, -0.2) is 138 Å². The predicted octanol–water partition coefficient (Wildman–Crippen LogP) is -5.42. The molecule has 0 bridgehead atoms. The van der Waals surface area contributed by atoms with Gasteiger partial charge in [-0.1, -0.05) is 6.92 Å². The highest BCUT2D eigenvalue weighted by molar-refractivity contribution is 5.85. The van der Waals surface area contributed by atoms with Crippen LogP contribution in [0, 0.1) is 28.6 Å². The van der Waals surface area contributed by atoms with Crippen LogP contribution in [0.25, 0.3) is 0 Å². The second kappa shape index (κ2) is 14.2. The molecule has 1 unspecified atom stereocenters. The molecule has 0 radical (unpaired) electrons. The molecule has 56 heavy (non-hydrogen) atoms. The number of aliphatic carboxylic acids is 3. The van der Waals surface area contributed by atoms with Gasteiger partial charge in [-0.3, -0.25) is 4.79 Å². The summed E-state index contributed by atoms with van der Waals surface area (Å²) in [5.74, 6) is -11.1. The van der Waals surface area contributed by atoms with E-state index in [1.54, 1.807) is 6.92 Å². The number of cyclic esters (lactones) is 1. The maximum absolute atomic E-state index is 13.0. The van der Waals surface area contributed by atoms with Crippen molar-refractivity contribution < 1.29 is 94.0 Å². The summed E-state index contributed by atoms with van der Waals surface area (Å²) < 4.78 is 21.9. The molecule has 6 rings (SSSR count). The lowest BCUT2D eigenvalue weighted by molar-refractivity contribution is -0.394. The number of rotatable bonds is 11. The number of ether oxygens (including phenoxy) is 4. The van der Waals surface area contributed by atoms with Gasteiger partial charge in [-0.15, -0.1) is 0 Å². The van der Waals surface area contributed by atoms with Crippen LogP contribution < -0.4 is 15.3 Å². The first-order valence-electron chi connectivity index (χ1n) is 18.8. The zero-order valence-electron chi connectivity index (χ0n) is 31.2. The number of aliphatic hydroxyl groups is 7. The molecule has 19 heteroatoms. The van der Waals surface area contributed by atoms with Gasteiger partial charge >= 0.3 is 11.9 Å². The Bertz CT molecular complexity index is 1670. The Morgan fingerprint density at radius 1 is 0.964 bits per heavy atom. The molecular formula is C37H49O19-3. The molecule has 5 fully saturated rings. The first kappa shape index (κ1) is 42.3. The van der Waals surface area contributed by atoms with Crippen molar-refractivity contribution in [3.63, 3.8) is 0 Å². The van der Waals surface area contributed by atoms with Crippen LogP contribution in [0.4, 0.5) is 0 Å². The first-order valence-corrected chi connectivity index (χ1v) is 18.8. The number of fused-ring (bicyclic) bond motifs is 5. The van der Waals surface area contributed by atoms with Crippen molar-refractivity contribution in [1.29, 1.82) is 0 Å². The Labute approximate surface area is 320 Å². The minimum absolute atomic E-state index is 0.0379. The normalized spacial score (nSPS) is 47.7. The molecule has 0 amide bonds. The minimum atomic E-state index is -3.04. The Hall–Kier alpha value is -3.27. The third kappa shape index (κ3) is 6.33. The number of hydrogen-bond acceptors (Lipinski definition) is 19. The van der Waals surface area contributed by atoms with Gasteiger partial charge in [-0.25, -0.2) is 4.79 Å². The van der Waals surface area contributed by atoms with E-state index in [9.17, 15) is 75.0 Å². The standard InChI is InChI=1S/C37H52O19/c1-16-29(55-17(2)38)27(47)28(48)31(54-16)56-19-10-34(50)6-4-21-30(37(34,22(39)9-23(40)41)35(51,11-19)13-25(44)45)33(49,12-24(42)43)15-32(3)20(5-7-36(21,32)52)18-8-26(46)53-14-18/h8,16,19-22,27-31,39,47-52H,4-7,9-15H2,1-3H3,(H,40,41)(H,42,43)(H,44,45)/p-3/t16-,19+,20+,21+,22?,27-,28+,29-,30+,31-,32+,33+,34-,35-,36-,37+/m0/s1. The molecule has 2 heterocycles. The molecule has 2 aliphatic heterocycles. The molecular weight excluding hydrogens is 748 g/mol. The Balaban J connectivity index is 1.50. The summed E-state index contributed by atoms with van der Waals surface area (Å²) in [6.07, 6.45) is -17.4. The molecule has 0 aromatic heterocycles. The van der Waals surface area contributed by atoms with Crippen molar-refractivity contribution in [2.24, 2.45) is 28.6 Å². The number of aliphatic hydroxyl groups excluding tert-OH is 3. The molecule has 1 saturated heterocycles. The molecule has 314 valence electrons. The summed E-state index contributed by atoms with van der Waals surface area (Å²) >= 11 is 0. The molecule has 7 N–H and O–H groups in total. The summed E-state index contributed by atoms with van der Waals surface area (Å²) in [6.45, 7) is 3.91. The number of hydrogen-bond donors (Lipinski definition) is 7. The van der Waals surface area contributed by atoms with Gasteiger partial charge in [0.05, 0.1) is 46.1 Å². The third-order valence-corrected chi connectivity index (χ3v) is 14.2. The van der Waals surface area contributed by atoms with E-state index in [1.807, 2.05) is 0 Å². The van der Waals surface area contributed by atoms with Crippen LogP contribution in [0.3, 0.4) is 0 Å². The second-order valence-electron chi connectivity index (χ2n) is 17.2. The van der Waals surface area contributed by atoms with E-state index in [-0.39, 0.29) is 25.9 Å². The number of carbonyl (C=O) groups is 5. The van der Waals surface area contributed by atoms with Crippen molar-refractivity contribution >= 4 is 29.8 Å². The number of esters is 2. The summed E-state index contributed by atoms with van der Waals surface area (Å²) in [7, 11) is 0. The highest BCUT2D eigenvalue weighted by Crippen LogP contribution is 2.76. The maximum atomic E-state index is 13.0. The molecule has 0 aromatic carbocycles. The lowest BCUT2D eigenvalue weighted by atomic mass is 9.33. The van der Waals surface area contributed by atoms with Crippen molar-refractivity contribution in [1.82, 2.24) is 0 Å². The van der Waals surface area contributed by atoms with Gasteiger partial charge in [0.15, 0.2) is 12.4 Å². The summed E-state index contributed by atoms with van der Waals surface area (Å²) in [6, 6.07) is 0. The van der Waals surface area contributed by atoms with E-state index in [4.69, 9.17) is 18.9 Å². The van der Waals surface area contributed by atoms with E-state index < -0.39 is 169 Å². The Morgan fingerprint density at radius 3 is 2.20 bits per heavy atom. The van der Waals surface area contributed by atoms with Crippen LogP contribution in [0.15, 0.2) is 11.6 Å². The fourth-order valence-corrected chi connectivity index (χ4v) is 12.5. The van der Waals surface area contributed by atoms with Crippen molar-refractivity contribution in [2.45, 2.75) is 150 Å². The van der Waals surface area contributed by atoms with Gasteiger partial charge in [0.25, 0.3) is 0 Å². The molecule has 6 aliphatic rings. The van der Waals surface area contributed by atoms with Gasteiger partial charge in [0.2, 0.25) is 0 Å². The molecule has 0 spiro atoms. The highest BCUT2D eigenvalue weighted by Gasteiger charge is 2.82. The maximum Gasteiger partial charge on any atom is 0.331 e. The zero-order valence-corrected chi connectivity index (χ0v) is 31.2. The first-order chi connectivity index (χ1) is 25.9. The van der Waals surface area contributed by atoms with Crippen molar-refractivity contribution in [3.05, 3.63) is 11.6 Å². The topological polar surface area (TPSA) is 333 Å². The lowest BCUT2D eigenvalue weighted by Gasteiger charge is -2.75.